The van der Waals surface area contributed by atoms with Crippen molar-refractivity contribution >= 4 is 0 Å². The first-order valence-corrected chi connectivity index (χ1v) is 11.9. The molecule has 0 aliphatic rings. The van der Waals surface area contributed by atoms with E-state index in [0.717, 1.165) is 37.5 Å². The molecule has 0 aromatic heterocycles. The predicted octanol–water partition coefficient (Wildman–Crippen LogP) is 4.66. The van der Waals surface area contributed by atoms with Gasteiger partial charge in [-0.1, -0.05) is 101 Å². The van der Waals surface area contributed by atoms with Crippen LogP contribution in [0.15, 0.2) is 42.5 Å². The van der Waals surface area contributed by atoms with Gasteiger partial charge in [-0.2, -0.15) is 0 Å². The van der Waals surface area contributed by atoms with Gasteiger partial charge in [0.2, 0.25) is 0 Å². The van der Waals surface area contributed by atoms with Gasteiger partial charge in [0.15, 0.2) is 6.10 Å². The van der Waals surface area contributed by atoms with Gasteiger partial charge in [0, 0.05) is 0 Å². The molecule has 186 valence electrons. The third kappa shape index (κ3) is 7.87. The highest BCUT2D eigenvalue weighted by molar-refractivity contribution is 5.24. The van der Waals surface area contributed by atoms with Gasteiger partial charge < -0.3 is 10.2 Å². The Morgan fingerprint density at radius 1 is 0.909 bits per heavy atom. The van der Waals surface area contributed by atoms with Crippen LogP contribution in [-0.2, 0) is 5.72 Å². The molecule has 0 fully saturated rings. The maximum absolute atomic E-state index is 11.7. The van der Waals surface area contributed by atoms with E-state index < -0.39 is 27.3 Å². The first-order valence-electron chi connectivity index (χ1n) is 11.9. The van der Waals surface area contributed by atoms with Crippen LogP contribution >= 0.6 is 0 Å². The van der Waals surface area contributed by atoms with E-state index in [0.29, 0.717) is 6.42 Å². The summed E-state index contributed by atoms with van der Waals surface area (Å²) in [5, 5.41) is 44.7. The Morgan fingerprint density at radius 2 is 1.39 bits per heavy atom. The fraction of sp³-hybridized carbons (Fsp3) is 0.667. The predicted molar refractivity (Wildman–Crippen MR) is 127 cm³/mol. The standard InChI is InChI=1S/C24H39N3O6/c1-2-3-4-5-6-7-8-9-10-11-12-13-17-20-22(28)23(25,26(30)31)24(29,27(32)33)21-18-15-14-16-19-21/h14-20,22,28-29H,2-13,25H2,1H3/b20-17+/t22-,23+,24?/m1/s1. The van der Waals surface area contributed by atoms with Crippen LogP contribution < -0.4 is 5.73 Å². The van der Waals surface area contributed by atoms with Crippen LogP contribution in [-0.4, -0.2) is 31.8 Å². The fourth-order valence-electron chi connectivity index (χ4n) is 3.89. The summed E-state index contributed by atoms with van der Waals surface area (Å²) >= 11 is 0. The zero-order valence-corrected chi connectivity index (χ0v) is 19.6. The van der Waals surface area contributed by atoms with Crippen molar-refractivity contribution in [3.63, 3.8) is 0 Å². The molecule has 0 amide bonds. The van der Waals surface area contributed by atoms with Gasteiger partial charge in [-0.3, -0.25) is 26.0 Å². The molecule has 0 radical (unpaired) electrons. The number of hydrogen-bond donors (Lipinski definition) is 3. The van der Waals surface area contributed by atoms with Crippen molar-refractivity contribution in [2.24, 2.45) is 5.73 Å². The minimum absolute atomic E-state index is 0.382. The third-order valence-electron chi connectivity index (χ3n) is 6.04. The molecule has 0 heterocycles. The molecule has 33 heavy (non-hydrogen) atoms. The van der Waals surface area contributed by atoms with Gasteiger partial charge >= 0.3 is 11.4 Å². The number of aliphatic hydroxyl groups is 2. The molecule has 0 saturated carbocycles. The first kappa shape index (κ1) is 28.7. The monoisotopic (exact) mass is 465 g/mol. The van der Waals surface area contributed by atoms with Crippen LogP contribution in [0, 0.1) is 20.2 Å². The van der Waals surface area contributed by atoms with Crippen molar-refractivity contribution in [2.45, 2.75) is 101 Å². The highest BCUT2D eigenvalue weighted by Crippen LogP contribution is 2.35. The highest BCUT2D eigenvalue weighted by atomic mass is 16.7. The smallest absolute Gasteiger partial charge is 0.380 e. The molecule has 3 atom stereocenters. The molecule has 1 rings (SSSR count). The van der Waals surface area contributed by atoms with E-state index in [9.17, 15) is 30.4 Å². The van der Waals surface area contributed by atoms with Gasteiger partial charge in [-0.25, -0.2) is 0 Å². The molecule has 0 bridgehead atoms. The summed E-state index contributed by atoms with van der Waals surface area (Å²) in [7, 11) is 0. The second-order valence-electron chi connectivity index (χ2n) is 8.58. The number of hydrogen-bond acceptors (Lipinski definition) is 7. The molecular formula is C24H39N3O6. The largest absolute Gasteiger partial charge is 0.436 e. The van der Waals surface area contributed by atoms with Crippen molar-refractivity contribution in [3.8, 4) is 0 Å². The Morgan fingerprint density at radius 3 is 1.85 bits per heavy atom. The summed E-state index contributed by atoms with van der Waals surface area (Å²) in [4.78, 5) is 21.0. The summed E-state index contributed by atoms with van der Waals surface area (Å²) in [5.41, 5.74) is -1.13. The number of unbranched alkanes of at least 4 members (excludes halogenated alkanes) is 11. The zero-order valence-electron chi connectivity index (χ0n) is 19.6. The Hall–Kier alpha value is -2.36. The summed E-state index contributed by atoms with van der Waals surface area (Å²) in [6.45, 7) is 2.21. The normalized spacial score (nSPS) is 16.2. The Bertz CT molecular complexity index is 745. The Balaban J connectivity index is 2.56. The zero-order chi connectivity index (χ0) is 24.7. The van der Waals surface area contributed by atoms with Crippen LogP contribution in [0.25, 0.3) is 0 Å². The lowest BCUT2D eigenvalue weighted by Crippen LogP contribution is -2.72. The molecule has 0 aliphatic carbocycles. The van der Waals surface area contributed by atoms with Gasteiger partial charge in [0.1, 0.15) is 0 Å². The van der Waals surface area contributed by atoms with E-state index in [4.69, 9.17) is 5.73 Å². The lowest BCUT2D eigenvalue weighted by molar-refractivity contribution is -0.739. The lowest BCUT2D eigenvalue weighted by atomic mass is 9.85. The number of nitro groups is 2. The minimum Gasteiger partial charge on any atom is -0.380 e. The molecule has 1 aromatic rings. The number of rotatable bonds is 18. The number of nitrogens with two attached hydrogens (primary N) is 1. The van der Waals surface area contributed by atoms with E-state index in [-0.39, 0.29) is 5.56 Å². The minimum atomic E-state index is -3.32. The number of benzene rings is 1. The second-order valence-corrected chi connectivity index (χ2v) is 8.58. The molecule has 1 unspecified atom stereocenters. The van der Waals surface area contributed by atoms with E-state index >= 15 is 0 Å². The van der Waals surface area contributed by atoms with E-state index in [1.165, 1.54) is 75.6 Å². The van der Waals surface area contributed by atoms with Crippen LogP contribution in [0.4, 0.5) is 0 Å². The molecule has 9 heteroatoms. The van der Waals surface area contributed by atoms with Crippen LogP contribution in [0.1, 0.15) is 89.5 Å². The van der Waals surface area contributed by atoms with E-state index in [1.54, 1.807) is 0 Å². The summed E-state index contributed by atoms with van der Waals surface area (Å²) in [6.07, 6.45) is 14.1. The van der Waals surface area contributed by atoms with Crippen molar-refractivity contribution in [3.05, 3.63) is 68.3 Å². The fourth-order valence-corrected chi connectivity index (χ4v) is 3.89. The molecule has 9 nitrogen and oxygen atoms in total. The molecule has 1 aromatic carbocycles. The highest BCUT2D eigenvalue weighted by Gasteiger charge is 2.73. The van der Waals surface area contributed by atoms with Crippen LogP contribution in [0.5, 0.6) is 0 Å². The third-order valence-corrected chi connectivity index (χ3v) is 6.04. The van der Waals surface area contributed by atoms with E-state index in [2.05, 4.69) is 6.92 Å². The van der Waals surface area contributed by atoms with Gasteiger partial charge in [-0.15, -0.1) is 0 Å². The van der Waals surface area contributed by atoms with Crippen LogP contribution in [0.3, 0.4) is 0 Å². The molecule has 0 saturated heterocycles. The summed E-state index contributed by atoms with van der Waals surface area (Å²) in [6, 6.07) is 6.64. The number of allylic oxidation sites excluding steroid dienone is 1. The van der Waals surface area contributed by atoms with Gasteiger partial charge in [0.05, 0.1) is 15.4 Å². The van der Waals surface area contributed by atoms with Crippen molar-refractivity contribution in [2.75, 3.05) is 0 Å². The first-order chi connectivity index (χ1) is 15.7. The van der Waals surface area contributed by atoms with Gasteiger partial charge in [-0.05, 0) is 25.0 Å². The molecule has 0 aliphatic heterocycles. The summed E-state index contributed by atoms with van der Waals surface area (Å²) in [5.74, 6) is 0. The average molecular weight is 466 g/mol. The number of aliphatic hydroxyl groups excluding tert-OH is 1. The SMILES string of the molecule is CCCCCCCCCCCCC/C=C/[C@@H](O)[C@](N)([N+](=O)[O-])C(O)(c1ccccc1)[N+](=O)[O-]. The van der Waals surface area contributed by atoms with Crippen molar-refractivity contribution < 1.29 is 20.1 Å². The molecule has 0 spiro atoms. The quantitative estimate of drug-likeness (QED) is 0.0937. The van der Waals surface area contributed by atoms with E-state index in [1.807, 2.05) is 0 Å². The van der Waals surface area contributed by atoms with Crippen molar-refractivity contribution in [1.29, 1.82) is 0 Å². The topological polar surface area (TPSA) is 153 Å². The average Bonchev–Trinajstić information content (AvgIpc) is 2.80. The second kappa shape index (κ2) is 14.7. The molecule has 4 N–H and O–H groups in total. The maximum Gasteiger partial charge on any atom is 0.436 e. The Labute approximate surface area is 196 Å². The maximum atomic E-state index is 11.7. The van der Waals surface area contributed by atoms with Gasteiger partial charge in [0.25, 0.3) is 0 Å². The number of nitrogens with zero attached hydrogens (tertiary/aromatic N) is 2. The van der Waals surface area contributed by atoms with Crippen molar-refractivity contribution in [1.82, 2.24) is 0 Å². The molecular weight excluding hydrogens is 426 g/mol. The summed E-state index contributed by atoms with van der Waals surface area (Å²) < 4.78 is 0. The lowest BCUT2D eigenvalue weighted by Gasteiger charge is -2.32. The van der Waals surface area contributed by atoms with Crippen LogP contribution in [0.2, 0.25) is 0 Å². The Kier molecular flexibility index (Phi) is 12.8.